The van der Waals surface area contributed by atoms with Gasteiger partial charge in [0.2, 0.25) is 0 Å². The number of nitrogen functional groups attached to an aromatic ring is 1. The van der Waals surface area contributed by atoms with Crippen LogP contribution in [0.1, 0.15) is 32.6 Å². The number of hydrogen-bond acceptors (Lipinski definition) is 3. The number of hydrogen-bond donors (Lipinski definition) is 1. The third-order valence-corrected chi connectivity index (χ3v) is 3.97. The zero-order valence-corrected chi connectivity index (χ0v) is 11.3. The fourth-order valence-corrected chi connectivity index (χ4v) is 2.92. The van der Waals surface area contributed by atoms with Crippen molar-refractivity contribution in [2.45, 2.75) is 38.7 Å². The highest BCUT2D eigenvalue weighted by atomic mass is 16.5. The maximum Gasteiger partial charge on any atom is 0.143 e. The molecule has 1 saturated carbocycles. The highest BCUT2D eigenvalue weighted by Gasteiger charge is 2.21. The number of nitrogens with two attached hydrogens (primary N) is 1. The summed E-state index contributed by atoms with van der Waals surface area (Å²) in [4.78, 5) is 4.31. The average Bonchev–Trinajstić information content (AvgIpc) is 2.42. The van der Waals surface area contributed by atoms with Crippen LogP contribution in [0.3, 0.4) is 0 Å². The number of benzene rings is 1. The normalized spacial score (nSPS) is 23.4. The Bertz CT molecular complexity index is 582. The van der Waals surface area contributed by atoms with Crippen LogP contribution in [0.25, 0.3) is 10.9 Å². The summed E-state index contributed by atoms with van der Waals surface area (Å²) in [5, 5.41) is 0.976. The van der Waals surface area contributed by atoms with Crippen LogP contribution in [0, 0.1) is 5.92 Å². The molecule has 2 N–H and O–H groups in total. The Hall–Kier alpha value is -1.77. The number of anilines is 1. The van der Waals surface area contributed by atoms with Gasteiger partial charge >= 0.3 is 0 Å². The van der Waals surface area contributed by atoms with Crippen LogP contribution in [0.15, 0.2) is 30.5 Å². The van der Waals surface area contributed by atoms with Crippen molar-refractivity contribution in [3.63, 3.8) is 0 Å². The van der Waals surface area contributed by atoms with Crippen molar-refractivity contribution in [1.29, 1.82) is 0 Å². The maximum absolute atomic E-state index is 6.21. The molecule has 1 aromatic carbocycles. The third-order valence-electron chi connectivity index (χ3n) is 3.97. The van der Waals surface area contributed by atoms with Crippen LogP contribution in [0.5, 0.6) is 5.75 Å². The van der Waals surface area contributed by atoms with Crippen molar-refractivity contribution in [2.24, 2.45) is 5.92 Å². The van der Waals surface area contributed by atoms with Crippen LogP contribution in [-0.4, -0.2) is 11.1 Å². The lowest BCUT2D eigenvalue weighted by Crippen LogP contribution is -2.24. The quantitative estimate of drug-likeness (QED) is 0.832. The number of aromatic nitrogens is 1. The van der Waals surface area contributed by atoms with Crippen LogP contribution in [0.2, 0.25) is 0 Å². The molecule has 3 rings (SSSR count). The van der Waals surface area contributed by atoms with Gasteiger partial charge in [0.1, 0.15) is 5.75 Å². The van der Waals surface area contributed by atoms with Crippen molar-refractivity contribution in [3.05, 3.63) is 30.5 Å². The van der Waals surface area contributed by atoms with Crippen LogP contribution in [0.4, 0.5) is 5.69 Å². The van der Waals surface area contributed by atoms with Gasteiger partial charge in [0.05, 0.1) is 17.3 Å². The Labute approximate surface area is 113 Å². The highest BCUT2D eigenvalue weighted by molar-refractivity contribution is 5.93. The predicted molar refractivity (Wildman–Crippen MR) is 78.2 cm³/mol. The van der Waals surface area contributed by atoms with Gasteiger partial charge < -0.3 is 10.5 Å². The van der Waals surface area contributed by atoms with Crippen LogP contribution >= 0.6 is 0 Å². The molecule has 2 atom stereocenters. The summed E-state index contributed by atoms with van der Waals surface area (Å²) in [5.74, 6) is 1.56. The van der Waals surface area contributed by atoms with Crippen molar-refractivity contribution in [2.75, 3.05) is 5.73 Å². The second-order valence-corrected chi connectivity index (χ2v) is 5.56. The van der Waals surface area contributed by atoms with E-state index in [1.54, 1.807) is 6.20 Å². The zero-order valence-electron chi connectivity index (χ0n) is 11.3. The summed E-state index contributed by atoms with van der Waals surface area (Å²) < 4.78 is 6.11. The summed E-state index contributed by atoms with van der Waals surface area (Å²) in [6.07, 6.45) is 6.92. The first kappa shape index (κ1) is 12.3. The number of nitrogens with zero attached hydrogens (tertiary/aromatic N) is 1. The van der Waals surface area contributed by atoms with E-state index in [1.807, 2.05) is 24.3 Å². The van der Waals surface area contributed by atoms with Gasteiger partial charge in [0, 0.05) is 11.6 Å². The first-order valence-electron chi connectivity index (χ1n) is 7.04. The molecule has 3 heteroatoms. The van der Waals surface area contributed by atoms with Crippen LogP contribution in [-0.2, 0) is 0 Å². The maximum atomic E-state index is 6.21. The van der Waals surface area contributed by atoms with Gasteiger partial charge in [-0.05, 0) is 49.4 Å². The molecule has 3 nitrogen and oxygen atoms in total. The fourth-order valence-electron chi connectivity index (χ4n) is 2.92. The van der Waals surface area contributed by atoms with E-state index in [0.717, 1.165) is 35.4 Å². The minimum absolute atomic E-state index is 0.306. The monoisotopic (exact) mass is 256 g/mol. The highest BCUT2D eigenvalue weighted by Crippen LogP contribution is 2.33. The molecular weight excluding hydrogens is 236 g/mol. The van der Waals surface area contributed by atoms with Crippen molar-refractivity contribution < 1.29 is 4.74 Å². The lowest BCUT2D eigenvalue weighted by molar-refractivity contribution is 0.130. The summed E-state index contributed by atoms with van der Waals surface area (Å²) in [5.41, 5.74) is 7.84. The first-order chi connectivity index (χ1) is 9.24. The topological polar surface area (TPSA) is 48.1 Å². The summed E-state index contributed by atoms with van der Waals surface area (Å²) in [6.45, 7) is 2.29. The van der Waals surface area contributed by atoms with Gasteiger partial charge in [-0.2, -0.15) is 0 Å². The van der Waals surface area contributed by atoms with E-state index in [1.165, 1.54) is 12.8 Å². The fraction of sp³-hybridized carbons (Fsp3) is 0.438. The summed E-state index contributed by atoms with van der Waals surface area (Å²) in [6, 6.07) is 7.83. The molecule has 1 heterocycles. The number of rotatable bonds is 2. The minimum atomic E-state index is 0.306. The van der Waals surface area contributed by atoms with Crippen molar-refractivity contribution in [1.82, 2.24) is 4.98 Å². The zero-order chi connectivity index (χ0) is 13.2. The van der Waals surface area contributed by atoms with E-state index in [0.29, 0.717) is 11.8 Å². The molecule has 0 radical (unpaired) electrons. The molecule has 19 heavy (non-hydrogen) atoms. The Morgan fingerprint density at radius 3 is 3.00 bits per heavy atom. The number of fused-ring (bicyclic) bond motifs is 1. The third kappa shape index (κ3) is 2.50. The van der Waals surface area contributed by atoms with Gasteiger partial charge in [-0.1, -0.05) is 13.3 Å². The van der Waals surface area contributed by atoms with Crippen LogP contribution < -0.4 is 10.5 Å². The summed E-state index contributed by atoms with van der Waals surface area (Å²) in [7, 11) is 0. The van der Waals surface area contributed by atoms with Gasteiger partial charge in [-0.3, -0.25) is 4.98 Å². The standard InChI is InChI=1S/C16H20N2O/c1-11-4-2-5-12(10-11)19-15-8-7-14-13(16(15)17)6-3-9-18-14/h3,6-9,11-12H,2,4-5,10,17H2,1H3. The predicted octanol–water partition coefficient (Wildman–Crippen LogP) is 3.77. The minimum Gasteiger partial charge on any atom is -0.488 e. The van der Waals surface area contributed by atoms with E-state index < -0.39 is 0 Å². The van der Waals surface area contributed by atoms with Crippen molar-refractivity contribution in [3.8, 4) is 5.75 Å². The Kier molecular flexibility index (Phi) is 3.28. The van der Waals surface area contributed by atoms with Gasteiger partial charge in [0.25, 0.3) is 0 Å². The Balaban J connectivity index is 1.86. The molecule has 0 bridgehead atoms. The van der Waals surface area contributed by atoms with Gasteiger partial charge in [-0.15, -0.1) is 0 Å². The van der Waals surface area contributed by atoms with E-state index in [-0.39, 0.29) is 0 Å². The van der Waals surface area contributed by atoms with Gasteiger partial charge in [0.15, 0.2) is 0 Å². The van der Waals surface area contributed by atoms with Crippen molar-refractivity contribution >= 4 is 16.6 Å². The molecule has 0 aliphatic heterocycles. The molecule has 1 fully saturated rings. The molecular formula is C16H20N2O. The molecule has 0 saturated heterocycles. The molecule has 2 unspecified atom stereocenters. The van der Waals surface area contributed by atoms with E-state index in [4.69, 9.17) is 10.5 Å². The SMILES string of the molecule is CC1CCCC(Oc2ccc3ncccc3c2N)C1. The first-order valence-corrected chi connectivity index (χ1v) is 7.04. The number of ether oxygens (including phenoxy) is 1. The number of pyridine rings is 1. The largest absolute Gasteiger partial charge is 0.488 e. The molecule has 1 aliphatic carbocycles. The van der Waals surface area contributed by atoms with E-state index in [9.17, 15) is 0 Å². The lowest BCUT2D eigenvalue weighted by atomic mass is 9.88. The van der Waals surface area contributed by atoms with E-state index >= 15 is 0 Å². The molecule has 0 amide bonds. The summed E-state index contributed by atoms with van der Waals surface area (Å²) >= 11 is 0. The Morgan fingerprint density at radius 1 is 1.26 bits per heavy atom. The second-order valence-electron chi connectivity index (χ2n) is 5.56. The lowest BCUT2D eigenvalue weighted by Gasteiger charge is -2.28. The Morgan fingerprint density at radius 2 is 2.16 bits per heavy atom. The van der Waals surface area contributed by atoms with E-state index in [2.05, 4.69) is 11.9 Å². The molecule has 100 valence electrons. The molecule has 1 aromatic heterocycles. The molecule has 1 aliphatic rings. The molecule has 0 spiro atoms. The molecule has 2 aromatic rings. The van der Waals surface area contributed by atoms with Gasteiger partial charge in [-0.25, -0.2) is 0 Å². The smallest absolute Gasteiger partial charge is 0.143 e. The second kappa shape index (κ2) is 5.08. The average molecular weight is 256 g/mol.